The van der Waals surface area contributed by atoms with Crippen LogP contribution in [-0.2, 0) is 4.74 Å². The fourth-order valence-corrected chi connectivity index (χ4v) is 2.23. The third-order valence-electron chi connectivity index (χ3n) is 3.27. The molecule has 0 saturated carbocycles. The number of hydrogen-bond donors (Lipinski definition) is 2. The molecule has 94 valence electrons. The number of nitrogens with one attached hydrogen (secondary N) is 1. The summed E-state index contributed by atoms with van der Waals surface area (Å²) >= 11 is 0. The van der Waals surface area contributed by atoms with E-state index in [-0.39, 0.29) is 12.6 Å². The van der Waals surface area contributed by atoms with Crippen LogP contribution in [0, 0.1) is 17.0 Å². The third kappa shape index (κ3) is 2.06. The van der Waals surface area contributed by atoms with Crippen LogP contribution in [-0.4, -0.2) is 32.0 Å². The van der Waals surface area contributed by atoms with Crippen LogP contribution in [0.3, 0.4) is 0 Å². The molecule has 1 aliphatic heterocycles. The fraction of sp³-hybridized carbons (Fsp3) is 0.500. The summed E-state index contributed by atoms with van der Waals surface area (Å²) in [5, 5.41) is 12.5. The van der Waals surface area contributed by atoms with Gasteiger partial charge in [0.05, 0.1) is 25.2 Å². The van der Waals surface area contributed by atoms with Crippen LogP contribution in [0.1, 0.15) is 11.6 Å². The highest BCUT2D eigenvalue weighted by molar-refractivity contribution is 5.24. The van der Waals surface area contributed by atoms with Crippen molar-refractivity contribution in [3.63, 3.8) is 0 Å². The van der Waals surface area contributed by atoms with Gasteiger partial charge >= 0.3 is 0 Å². The number of hydrogen-bond acceptors (Lipinski definition) is 3. The second-order valence-corrected chi connectivity index (χ2v) is 4.41. The molecule has 17 heavy (non-hydrogen) atoms. The monoisotopic (exact) mass is 243 g/mol. The summed E-state index contributed by atoms with van der Waals surface area (Å²) in [5.74, 6) is -1.75. The summed E-state index contributed by atoms with van der Waals surface area (Å²) in [6, 6.07) is 3.53. The van der Waals surface area contributed by atoms with Gasteiger partial charge in [0.1, 0.15) is 0 Å². The van der Waals surface area contributed by atoms with Gasteiger partial charge in [0.15, 0.2) is 11.6 Å². The molecule has 1 unspecified atom stereocenters. The van der Waals surface area contributed by atoms with Crippen molar-refractivity contribution in [2.24, 2.45) is 5.41 Å². The van der Waals surface area contributed by atoms with Crippen molar-refractivity contribution in [1.29, 1.82) is 0 Å². The summed E-state index contributed by atoms with van der Waals surface area (Å²) in [4.78, 5) is 0. The molecule has 0 bridgehead atoms. The van der Waals surface area contributed by atoms with E-state index in [4.69, 9.17) is 4.74 Å². The van der Waals surface area contributed by atoms with Gasteiger partial charge in [-0.05, 0) is 24.7 Å². The second-order valence-electron chi connectivity index (χ2n) is 4.41. The Morgan fingerprint density at radius 1 is 1.41 bits per heavy atom. The molecule has 0 aromatic heterocycles. The van der Waals surface area contributed by atoms with E-state index in [9.17, 15) is 13.9 Å². The van der Waals surface area contributed by atoms with Gasteiger partial charge in [-0.1, -0.05) is 6.07 Å². The fourth-order valence-electron chi connectivity index (χ4n) is 2.23. The number of rotatable bonds is 4. The molecule has 2 N–H and O–H groups in total. The van der Waals surface area contributed by atoms with E-state index in [1.807, 2.05) is 0 Å². The van der Waals surface area contributed by atoms with Gasteiger partial charge in [-0.15, -0.1) is 0 Å². The zero-order chi connectivity index (χ0) is 12.5. The van der Waals surface area contributed by atoms with E-state index in [1.54, 1.807) is 7.05 Å². The first-order chi connectivity index (χ1) is 8.13. The van der Waals surface area contributed by atoms with Crippen LogP contribution >= 0.6 is 0 Å². The minimum atomic E-state index is -0.879. The molecular weight excluding hydrogens is 228 g/mol. The van der Waals surface area contributed by atoms with Crippen LogP contribution in [0.15, 0.2) is 18.2 Å². The largest absolute Gasteiger partial charge is 0.396 e. The topological polar surface area (TPSA) is 41.5 Å². The number of aliphatic hydroxyl groups excluding tert-OH is 1. The second kappa shape index (κ2) is 4.68. The molecule has 1 aliphatic rings. The number of aliphatic hydroxyl groups is 1. The number of ether oxygens (including phenoxy) is 1. The first kappa shape index (κ1) is 12.4. The van der Waals surface area contributed by atoms with Gasteiger partial charge < -0.3 is 15.2 Å². The summed E-state index contributed by atoms with van der Waals surface area (Å²) in [5.41, 5.74) is 0.169. The summed E-state index contributed by atoms with van der Waals surface area (Å²) in [7, 11) is 1.72. The summed E-state index contributed by atoms with van der Waals surface area (Å²) in [6.07, 6.45) is 0. The van der Waals surface area contributed by atoms with E-state index in [2.05, 4.69) is 5.32 Å². The highest BCUT2D eigenvalue weighted by Crippen LogP contribution is 2.40. The lowest BCUT2D eigenvalue weighted by Crippen LogP contribution is -2.53. The maximum absolute atomic E-state index is 13.2. The summed E-state index contributed by atoms with van der Waals surface area (Å²) < 4.78 is 31.2. The predicted molar refractivity (Wildman–Crippen MR) is 58.5 cm³/mol. The van der Waals surface area contributed by atoms with Gasteiger partial charge in [-0.3, -0.25) is 0 Å². The highest BCUT2D eigenvalue weighted by atomic mass is 19.2. The van der Waals surface area contributed by atoms with Gasteiger partial charge in [-0.25, -0.2) is 8.78 Å². The average molecular weight is 243 g/mol. The normalized spacial score (nSPS) is 19.8. The lowest BCUT2D eigenvalue weighted by atomic mass is 9.76. The van der Waals surface area contributed by atoms with Gasteiger partial charge in [0, 0.05) is 6.04 Å². The molecule has 1 aromatic rings. The van der Waals surface area contributed by atoms with Crippen LogP contribution in [0.25, 0.3) is 0 Å². The van der Waals surface area contributed by atoms with E-state index in [1.165, 1.54) is 6.07 Å². The van der Waals surface area contributed by atoms with Crippen LogP contribution in [0.5, 0.6) is 0 Å². The SMILES string of the molecule is CNC(c1ccc(F)c(F)c1)C1(CO)COC1. The van der Waals surface area contributed by atoms with E-state index in [0.717, 1.165) is 12.1 Å². The Bertz CT molecular complexity index is 402. The lowest BCUT2D eigenvalue weighted by Gasteiger charge is -2.46. The number of benzene rings is 1. The predicted octanol–water partition coefficient (Wildman–Crippen LogP) is 1.23. The number of halogens is 2. The summed E-state index contributed by atoms with van der Waals surface area (Å²) in [6.45, 7) is 0.763. The molecule has 0 amide bonds. The van der Waals surface area contributed by atoms with Crippen molar-refractivity contribution in [2.75, 3.05) is 26.9 Å². The van der Waals surface area contributed by atoms with Gasteiger partial charge in [0.2, 0.25) is 0 Å². The van der Waals surface area contributed by atoms with E-state index < -0.39 is 17.0 Å². The maximum atomic E-state index is 13.2. The van der Waals surface area contributed by atoms with Crippen molar-refractivity contribution in [3.05, 3.63) is 35.4 Å². The molecule has 1 aromatic carbocycles. The molecule has 2 rings (SSSR count). The molecule has 1 atom stereocenters. The van der Waals surface area contributed by atoms with Gasteiger partial charge in [0.25, 0.3) is 0 Å². The molecule has 3 nitrogen and oxygen atoms in total. The standard InChI is InChI=1S/C12H15F2NO2/c1-15-11(12(5-16)6-17-7-12)8-2-3-9(13)10(14)4-8/h2-4,11,15-16H,5-7H2,1H3. The van der Waals surface area contributed by atoms with Crippen molar-refractivity contribution in [3.8, 4) is 0 Å². The van der Waals surface area contributed by atoms with Crippen molar-refractivity contribution in [1.82, 2.24) is 5.32 Å². The van der Waals surface area contributed by atoms with Gasteiger partial charge in [-0.2, -0.15) is 0 Å². The van der Waals surface area contributed by atoms with Crippen molar-refractivity contribution >= 4 is 0 Å². The first-order valence-electron chi connectivity index (χ1n) is 5.44. The van der Waals surface area contributed by atoms with Crippen LogP contribution in [0.2, 0.25) is 0 Å². The third-order valence-corrected chi connectivity index (χ3v) is 3.27. The zero-order valence-electron chi connectivity index (χ0n) is 9.54. The molecule has 5 heteroatoms. The Hall–Kier alpha value is -1.04. The van der Waals surface area contributed by atoms with E-state index >= 15 is 0 Å². The molecule has 0 spiro atoms. The Labute approximate surface area is 98.4 Å². The Morgan fingerprint density at radius 2 is 2.12 bits per heavy atom. The molecular formula is C12H15F2NO2. The van der Waals surface area contributed by atoms with Crippen LogP contribution in [0.4, 0.5) is 8.78 Å². The molecule has 1 saturated heterocycles. The minimum Gasteiger partial charge on any atom is -0.396 e. The maximum Gasteiger partial charge on any atom is 0.159 e. The van der Waals surface area contributed by atoms with Crippen molar-refractivity contribution in [2.45, 2.75) is 6.04 Å². The Balaban J connectivity index is 2.31. The lowest BCUT2D eigenvalue weighted by molar-refractivity contribution is -0.155. The Kier molecular flexibility index (Phi) is 3.42. The molecule has 0 radical (unpaired) electrons. The Morgan fingerprint density at radius 3 is 2.53 bits per heavy atom. The minimum absolute atomic E-state index is 0.0580. The quantitative estimate of drug-likeness (QED) is 0.836. The van der Waals surface area contributed by atoms with E-state index in [0.29, 0.717) is 18.8 Å². The van der Waals surface area contributed by atoms with Crippen LogP contribution < -0.4 is 5.32 Å². The molecule has 0 aliphatic carbocycles. The zero-order valence-corrected chi connectivity index (χ0v) is 9.54. The molecule has 1 heterocycles. The van der Waals surface area contributed by atoms with Crippen molar-refractivity contribution < 1.29 is 18.6 Å². The first-order valence-corrected chi connectivity index (χ1v) is 5.44. The average Bonchev–Trinajstić information content (AvgIpc) is 2.27. The molecule has 1 fully saturated rings. The smallest absolute Gasteiger partial charge is 0.159 e. The highest BCUT2D eigenvalue weighted by Gasteiger charge is 2.45.